The van der Waals surface area contributed by atoms with Crippen LogP contribution in [0.1, 0.15) is 38.2 Å². The molecule has 0 aliphatic carbocycles. The summed E-state index contributed by atoms with van der Waals surface area (Å²) in [6.07, 6.45) is 1.78. The molecule has 18 heavy (non-hydrogen) atoms. The molecule has 0 amide bonds. The fraction of sp³-hybridized carbons (Fsp3) is 0.692. The predicted octanol–water partition coefficient (Wildman–Crippen LogP) is 1.56. The summed E-state index contributed by atoms with van der Waals surface area (Å²) in [7, 11) is 3.63. The normalized spacial score (nSPS) is 12.8. The monoisotopic (exact) mass is 253 g/mol. The largest absolute Gasteiger partial charge is 0.390 e. The van der Waals surface area contributed by atoms with Gasteiger partial charge in [0, 0.05) is 26.1 Å². The summed E-state index contributed by atoms with van der Waals surface area (Å²) < 4.78 is 5.14. The average molecular weight is 253 g/mol. The molecule has 102 valence electrons. The van der Waals surface area contributed by atoms with Gasteiger partial charge in [-0.15, -0.1) is 0 Å². The first-order valence-corrected chi connectivity index (χ1v) is 6.19. The molecule has 5 heteroatoms. The zero-order valence-corrected chi connectivity index (χ0v) is 11.8. The number of hydrogen-bond donors (Lipinski definition) is 1. The number of ether oxygens (including phenoxy) is 1. The molecule has 0 aliphatic heterocycles. The van der Waals surface area contributed by atoms with Gasteiger partial charge in [-0.2, -0.15) is 0 Å². The topological polar surface area (TPSA) is 58.5 Å². The second-order valence-electron chi connectivity index (χ2n) is 4.79. The summed E-state index contributed by atoms with van der Waals surface area (Å²) in [5.41, 5.74) is 1.52. The summed E-state index contributed by atoms with van der Waals surface area (Å²) in [5.74, 6) is 1.02. The minimum Gasteiger partial charge on any atom is -0.390 e. The van der Waals surface area contributed by atoms with E-state index in [1.165, 1.54) is 0 Å². The molecule has 0 radical (unpaired) electrons. The lowest BCUT2D eigenvalue weighted by molar-refractivity contribution is 0.183. The first-order chi connectivity index (χ1) is 8.51. The lowest BCUT2D eigenvalue weighted by Crippen LogP contribution is -2.33. The van der Waals surface area contributed by atoms with E-state index in [1.54, 1.807) is 13.3 Å². The average Bonchev–Trinajstić information content (AvgIpc) is 2.37. The Kier molecular flexibility index (Phi) is 5.50. The number of nitrogens with zero attached hydrogens (tertiary/aromatic N) is 3. The van der Waals surface area contributed by atoms with E-state index in [2.05, 4.69) is 16.9 Å². The van der Waals surface area contributed by atoms with E-state index >= 15 is 0 Å². The van der Waals surface area contributed by atoms with Gasteiger partial charge in [-0.1, -0.05) is 13.8 Å². The van der Waals surface area contributed by atoms with Crippen LogP contribution in [0.5, 0.6) is 0 Å². The molecule has 1 aromatic rings. The van der Waals surface area contributed by atoms with Crippen molar-refractivity contribution in [3.05, 3.63) is 17.7 Å². The summed E-state index contributed by atoms with van der Waals surface area (Å²) in [4.78, 5) is 10.8. The molecule has 1 atom stereocenters. The van der Waals surface area contributed by atoms with Gasteiger partial charge in [-0.3, -0.25) is 0 Å². The minimum absolute atomic E-state index is 0.0817. The summed E-state index contributed by atoms with van der Waals surface area (Å²) in [5, 5.41) is 9.44. The first-order valence-electron chi connectivity index (χ1n) is 6.19. The fourth-order valence-corrected chi connectivity index (χ4v) is 1.71. The fourth-order valence-electron chi connectivity index (χ4n) is 1.71. The molecule has 0 bridgehead atoms. The summed E-state index contributed by atoms with van der Waals surface area (Å²) in [6.45, 7) is 6.66. The van der Waals surface area contributed by atoms with Crippen LogP contribution in [0.3, 0.4) is 0 Å². The Hall–Kier alpha value is -1.20. The van der Waals surface area contributed by atoms with Crippen LogP contribution in [-0.2, 0) is 11.3 Å². The SMILES string of the molecule is COCC(C)N(C)c1cnc(C(C)C)nc1CO. The smallest absolute Gasteiger partial charge is 0.131 e. The molecule has 0 spiro atoms. The van der Waals surface area contributed by atoms with Crippen molar-refractivity contribution >= 4 is 5.69 Å². The maximum Gasteiger partial charge on any atom is 0.131 e. The molecule has 1 heterocycles. The van der Waals surface area contributed by atoms with Gasteiger partial charge in [0.2, 0.25) is 0 Å². The molecule has 0 saturated carbocycles. The molecule has 1 rings (SSSR count). The predicted molar refractivity (Wildman–Crippen MR) is 71.8 cm³/mol. The van der Waals surface area contributed by atoms with E-state index in [0.29, 0.717) is 12.3 Å². The lowest BCUT2D eigenvalue weighted by atomic mass is 10.2. The van der Waals surface area contributed by atoms with E-state index < -0.39 is 0 Å². The number of aromatic nitrogens is 2. The van der Waals surface area contributed by atoms with E-state index in [4.69, 9.17) is 4.74 Å². The molecule has 1 aromatic heterocycles. The third-order valence-corrected chi connectivity index (χ3v) is 2.98. The van der Waals surface area contributed by atoms with Gasteiger partial charge in [0.1, 0.15) is 5.82 Å². The lowest BCUT2D eigenvalue weighted by Gasteiger charge is -2.27. The number of rotatable bonds is 6. The number of hydrogen-bond acceptors (Lipinski definition) is 5. The highest BCUT2D eigenvalue weighted by atomic mass is 16.5. The van der Waals surface area contributed by atoms with Crippen molar-refractivity contribution in [2.45, 2.75) is 39.3 Å². The molecular formula is C13H23N3O2. The van der Waals surface area contributed by atoms with Gasteiger partial charge < -0.3 is 14.7 Å². The molecule has 5 nitrogen and oxygen atoms in total. The Morgan fingerprint density at radius 3 is 2.56 bits per heavy atom. The van der Waals surface area contributed by atoms with Crippen molar-refractivity contribution in [2.75, 3.05) is 25.7 Å². The molecular weight excluding hydrogens is 230 g/mol. The highest BCUT2D eigenvalue weighted by molar-refractivity contribution is 5.49. The van der Waals surface area contributed by atoms with E-state index in [9.17, 15) is 5.11 Å². The highest BCUT2D eigenvalue weighted by Gasteiger charge is 2.16. The number of aliphatic hydroxyl groups is 1. The summed E-state index contributed by atoms with van der Waals surface area (Å²) >= 11 is 0. The highest BCUT2D eigenvalue weighted by Crippen LogP contribution is 2.21. The van der Waals surface area contributed by atoms with Crippen LogP contribution in [0, 0.1) is 0 Å². The van der Waals surface area contributed by atoms with Crippen LogP contribution in [0.15, 0.2) is 6.20 Å². The van der Waals surface area contributed by atoms with Crippen molar-refractivity contribution in [3.63, 3.8) is 0 Å². The van der Waals surface area contributed by atoms with Crippen LogP contribution in [0.2, 0.25) is 0 Å². The Balaban J connectivity index is 3.01. The molecule has 0 saturated heterocycles. The first kappa shape index (κ1) is 14.9. The van der Waals surface area contributed by atoms with Gasteiger partial charge in [0.05, 0.1) is 30.8 Å². The van der Waals surface area contributed by atoms with E-state index in [0.717, 1.165) is 11.5 Å². The Labute approximate surface area is 109 Å². The summed E-state index contributed by atoms with van der Waals surface area (Å²) in [6, 6.07) is 0.203. The Bertz CT molecular complexity index is 382. The van der Waals surface area contributed by atoms with Crippen molar-refractivity contribution in [2.24, 2.45) is 0 Å². The van der Waals surface area contributed by atoms with Crippen LogP contribution < -0.4 is 4.90 Å². The van der Waals surface area contributed by atoms with Gasteiger partial charge in [-0.05, 0) is 6.92 Å². The standard InChI is InChI=1S/C13H23N3O2/c1-9(2)13-14-6-12(11(7-17)15-13)16(4)10(3)8-18-5/h6,9-10,17H,7-8H2,1-5H3. The number of methoxy groups -OCH3 is 1. The second kappa shape index (κ2) is 6.66. The van der Waals surface area contributed by atoms with Gasteiger partial charge in [0.25, 0.3) is 0 Å². The third-order valence-electron chi connectivity index (χ3n) is 2.98. The van der Waals surface area contributed by atoms with Crippen molar-refractivity contribution in [1.82, 2.24) is 9.97 Å². The molecule has 0 aromatic carbocycles. The van der Waals surface area contributed by atoms with E-state index in [1.807, 2.05) is 25.8 Å². The zero-order chi connectivity index (χ0) is 13.7. The molecule has 0 aliphatic rings. The van der Waals surface area contributed by atoms with Crippen LogP contribution in [-0.4, -0.2) is 41.9 Å². The Morgan fingerprint density at radius 2 is 2.06 bits per heavy atom. The quantitative estimate of drug-likeness (QED) is 0.834. The van der Waals surface area contributed by atoms with E-state index in [-0.39, 0.29) is 18.6 Å². The van der Waals surface area contributed by atoms with Gasteiger partial charge >= 0.3 is 0 Å². The zero-order valence-electron chi connectivity index (χ0n) is 11.8. The molecule has 1 N–H and O–H groups in total. The van der Waals surface area contributed by atoms with Crippen molar-refractivity contribution in [3.8, 4) is 0 Å². The van der Waals surface area contributed by atoms with Crippen LogP contribution >= 0.6 is 0 Å². The maximum atomic E-state index is 9.44. The van der Waals surface area contributed by atoms with Crippen LogP contribution in [0.4, 0.5) is 5.69 Å². The van der Waals surface area contributed by atoms with Crippen molar-refractivity contribution < 1.29 is 9.84 Å². The minimum atomic E-state index is -0.0817. The second-order valence-corrected chi connectivity index (χ2v) is 4.79. The Morgan fingerprint density at radius 1 is 1.39 bits per heavy atom. The maximum absolute atomic E-state index is 9.44. The van der Waals surface area contributed by atoms with Crippen LogP contribution in [0.25, 0.3) is 0 Å². The van der Waals surface area contributed by atoms with Gasteiger partial charge in [-0.25, -0.2) is 9.97 Å². The van der Waals surface area contributed by atoms with Gasteiger partial charge in [0.15, 0.2) is 0 Å². The third kappa shape index (κ3) is 3.40. The number of anilines is 1. The number of aliphatic hydroxyl groups excluding tert-OH is 1. The number of likely N-dealkylation sites (N-methyl/N-ethyl adjacent to an activating group) is 1. The molecule has 0 fully saturated rings. The van der Waals surface area contributed by atoms with Crippen molar-refractivity contribution in [1.29, 1.82) is 0 Å². The molecule has 1 unspecified atom stereocenters.